The summed E-state index contributed by atoms with van der Waals surface area (Å²) in [6.07, 6.45) is -0.577. The summed E-state index contributed by atoms with van der Waals surface area (Å²) in [4.78, 5) is 0. The quantitative estimate of drug-likeness (QED) is 0.822. The van der Waals surface area contributed by atoms with Gasteiger partial charge in [-0.3, -0.25) is 0 Å². The summed E-state index contributed by atoms with van der Waals surface area (Å²) in [7, 11) is 1.63. The number of ether oxygens (including phenoxy) is 2. The van der Waals surface area contributed by atoms with E-state index in [1.807, 2.05) is 55.5 Å². The van der Waals surface area contributed by atoms with Crippen LogP contribution in [0.25, 0.3) is 0 Å². The molecule has 1 atom stereocenters. The molecule has 2 aromatic carbocycles. The molecule has 0 spiro atoms. The van der Waals surface area contributed by atoms with Gasteiger partial charge in [-0.25, -0.2) is 0 Å². The van der Waals surface area contributed by atoms with Gasteiger partial charge in [0.25, 0.3) is 0 Å². The maximum atomic E-state index is 9.95. The van der Waals surface area contributed by atoms with Crippen molar-refractivity contribution in [3.63, 3.8) is 0 Å². The lowest BCUT2D eigenvalue weighted by Gasteiger charge is -2.15. The molecule has 0 saturated carbocycles. The molecule has 2 aromatic rings. The highest BCUT2D eigenvalue weighted by atomic mass is 16.5. The Morgan fingerprint density at radius 2 is 1.81 bits per heavy atom. The number of methoxy groups -OCH3 is 1. The van der Waals surface area contributed by atoms with Crippen molar-refractivity contribution in [2.24, 2.45) is 0 Å². The maximum Gasteiger partial charge on any atom is 0.122 e. The number of rotatable bonds is 7. The van der Waals surface area contributed by atoms with E-state index in [1.165, 1.54) is 0 Å². The second-order valence-corrected chi connectivity index (χ2v) is 4.84. The molecule has 0 amide bonds. The molecule has 0 heterocycles. The molecule has 0 fully saturated rings. The average Bonchev–Trinajstić information content (AvgIpc) is 2.52. The van der Waals surface area contributed by atoms with Gasteiger partial charge in [0, 0.05) is 12.2 Å². The predicted octanol–water partition coefficient (Wildman–Crippen LogP) is 2.86. The highest BCUT2D eigenvalue weighted by molar-refractivity contribution is 5.46. The van der Waals surface area contributed by atoms with Crippen molar-refractivity contribution >= 4 is 5.69 Å². The van der Waals surface area contributed by atoms with Gasteiger partial charge in [0.1, 0.15) is 24.2 Å². The van der Waals surface area contributed by atoms with E-state index in [2.05, 4.69) is 5.32 Å². The maximum absolute atomic E-state index is 9.95. The second kappa shape index (κ2) is 7.55. The molecule has 0 bridgehead atoms. The number of aliphatic hydroxyl groups is 1. The van der Waals surface area contributed by atoms with Crippen LogP contribution < -0.4 is 14.8 Å². The summed E-state index contributed by atoms with van der Waals surface area (Å²) in [6.45, 7) is 2.67. The van der Waals surface area contributed by atoms with Crippen LogP contribution in [0.4, 0.5) is 5.69 Å². The van der Waals surface area contributed by atoms with Crippen LogP contribution in [0, 0.1) is 6.92 Å². The van der Waals surface area contributed by atoms with Crippen LogP contribution in [0.3, 0.4) is 0 Å². The fraction of sp³-hybridized carbons (Fsp3) is 0.294. The van der Waals surface area contributed by atoms with Crippen LogP contribution in [-0.2, 0) is 0 Å². The smallest absolute Gasteiger partial charge is 0.122 e. The Morgan fingerprint density at radius 1 is 1.10 bits per heavy atom. The van der Waals surface area contributed by atoms with Crippen LogP contribution in [0.1, 0.15) is 5.56 Å². The van der Waals surface area contributed by atoms with Crippen LogP contribution in [0.15, 0.2) is 48.5 Å². The van der Waals surface area contributed by atoms with Crippen molar-refractivity contribution in [3.05, 3.63) is 54.1 Å². The van der Waals surface area contributed by atoms with Crippen molar-refractivity contribution in [1.82, 2.24) is 0 Å². The molecule has 0 aliphatic rings. The third-order valence-electron chi connectivity index (χ3n) is 3.16. The molecule has 0 aliphatic carbocycles. The van der Waals surface area contributed by atoms with Crippen molar-refractivity contribution in [2.45, 2.75) is 13.0 Å². The van der Waals surface area contributed by atoms with Gasteiger partial charge < -0.3 is 19.9 Å². The Labute approximate surface area is 125 Å². The Hall–Kier alpha value is -2.20. The minimum atomic E-state index is -0.577. The fourth-order valence-corrected chi connectivity index (χ4v) is 1.91. The Bertz CT molecular complexity index is 554. The average molecular weight is 287 g/mol. The van der Waals surface area contributed by atoms with Crippen LogP contribution >= 0.6 is 0 Å². The van der Waals surface area contributed by atoms with Crippen molar-refractivity contribution in [2.75, 3.05) is 25.6 Å². The van der Waals surface area contributed by atoms with Crippen LogP contribution in [0.2, 0.25) is 0 Å². The molecule has 0 saturated heterocycles. The molecule has 4 heteroatoms. The first-order valence-corrected chi connectivity index (χ1v) is 6.93. The number of aryl methyl sites for hydroxylation is 1. The van der Waals surface area contributed by atoms with Gasteiger partial charge >= 0.3 is 0 Å². The van der Waals surface area contributed by atoms with E-state index in [4.69, 9.17) is 9.47 Å². The molecule has 1 unspecified atom stereocenters. The van der Waals surface area contributed by atoms with Gasteiger partial charge in [-0.2, -0.15) is 0 Å². The number of hydrogen-bond acceptors (Lipinski definition) is 4. The number of benzene rings is 2. The number of aliphatic hydroxyl groups excluding tert-OH is 1. The number of anilines is 1. The third kappa shape index (κ3) is 4.68. The second-order valence-electron chi connectivity index (χ2n) is 4.84. The lowest BCUT2D eigenvalue weighted by molar-refractivity contribution is 0.117. The number of hydrogen-bond donors (Lipinski definition) is 2. The van der Waals surface area contributed by atoms with Crippen molar-refractivity contribution in [1.29, 1.82) is 0 Å². The van der Waals surface area contributed by atoms with Gasteiger partial charge in [0.05, 0.1) is 7.11 Å². The molecule has 112 valence electrons. The monoisotopic (exact) mass is 287 g/mol. The zero-order valence-corrected chi connectivity index (χ0v) is 12.4. The minimum Gasteiger partial charge on any atom is -0.497 e. The Balaban J connectivity index is 1.76. The highest BCUT2D eigenvalue weighted by Crippen LogP contribution is 2.17. The van der Waals surface area contributed by atoms with Crippen molar-refractivity contribution < 1.29 is 14.6 Å². The van der Waals surface area contributed by atoms with E-state index >= 15 is 0 Å². The Kier molecular flexibility index (Phi) is 5.46. The molecule has 0 aliphatic heterocycles. The minimum absolute atomic E-state index is 0.258. The van der Waals surface area contributed by atoms with Gasteiger partial charge in [-0.15, -0.1) is 0 Å². The van der Waals surface area contributed by atoms with Gasteiger partial charge in [0.2, 0.25) is 0 Å². The van der Waals surface area contributed by atoms with E-state index in [-0.39, 0.29) is 6.61 Å². The number of nitrogens with one attached hydrogen (secondary N) is 1. The lowest BCUT2D eigenvalue weighted by atomic mass is 10.2. The van der Waals surface area contributed by atoms with E-state index in [9.17, 15) is 5.11 Å². The van der Waals surface area contributed by atoms with E-state index < -0.39 is 6.10 Å². The summed E-state index contributed by atoms with van der Waals surface area (Å²) < 4.78 is 10.7. The highest BCUT2D eigenvalue weighted by Gasteiger charge is 2.06. The van der Waals surface area contributed by atoms with Crippen molar-refractivity contribution in [3.8, 4) is 11.5 Å². The summed E-state index contributed by atoms with van der Waals surface area (Å²) in [5.74, 6) is 1.62. The lowest BCUT2D eigenvalue weighted by Crippen LogP contribution is -2.26. The largest absolute Gasteiger partial charge is 0.497 e. The SMILES string of the molecule is COc1ccc(NCC(O)COc2ccccc2C)cc1. The molecular formula is C17H21NO3. The molecular weight excluding hydrogens is 266 g/mol. The number of para-hydroxylation sites is 1. The molecule has 4 nitrogen and oxygen atoms in total. The first-order valence-electron chi connectivity index (χ1n) is 6.93. The summed E-state index contributed by atoms with van der Waals surface area (Å²) in [6, 6.07) is 15.3. The van der Waals surface area contributed by atoms with Crippen LogP contribution in [0.5, 0.6) is 11.5 Å². The Morgan fingerprint density at radius 3 is 2.48 bits per heavy atom. The molecule has 21 heavy (non-hydrogen) atoms. The summed E-state index contributed by atoms with van der Waals surface area (Å²) >= 11 is 0. The molecule has 0 aromatic heterocycles. The summed E-state index contributed by atoms with van der Waals surface area (Å²) in [5.41, 5.74) is 2.00. The molecule has 0 radical (unpaired) electrons. The van der Waals surface area contributed by atoms with Gasteiger partial charge in [-0.1, -0.05) is 18.2 Å². The van der Waals surface area contributed by atoms with Gasteiger partial charge in [0.15, 0.2) is 0 Å². The molecule has 2 N–H and O–H groups in total. The first kappa shape index (κ1) is 15.2. The zero-order valence-electron chi connectivity index (χ0n) is 12.4. The topological polar surface area (TPSA) is 50.7 Å². The van der Waals surface area contributed by atoms with Crippen LogP contribution in [-0.4, -0.2) is 31.5 Å². The fourth-order valence-electron chi connectivity index (χ4n) is 1.91. The predicted molar refractivity (Wildman–Crippen MR) is 84.2 cm³/mol. The normalized spacial score (nSPS) is 11.8. The molecule has 2 rings (SSSR count). The van der Waals surface area contributed by atoms with Gasteiger partial charge in [-0.05, 0) is 42.8 Å². The van der Waals surface area contributed by atoms with E-state index in [0.717, 1.165) is 22.7 Å². The van der Waals surface area contributed by atoms with E-state index in [1.54, 1.807) is 7.11 Å². The third-order valence-corrected chi connectivity index (χ3v) is 3.16. The zero-order chi connectivity index (χ0) is 15.1. The summed E-state index contributed by atoms with van der Waals surface area (Å²) in [5, 5.41) is 13.1. The first-order chi connectivity index (χ1) is 10.2. The van der Waals surface area contributed by atoms with E-state index in [0.29, 0.717) is 6.54 Å². The standard InChI is InChI=1S/C17H21NO3/c1-13-5-3-4-6-17(13)21-12-15(19)11-18-14-7-9-16(20-2)10-8-14/h3-10,15,18-19H,11-12H2,1-2H3.